The number of hydrogen-bond donors (Lipinski definition) is 2. The number of nitrogens with two attached hydrogens (primary N) is 1. The van der Waals surface area contributed by atoms with Gasteiger partial charge in [-0.1, -0.05) is 6.92 Å². The highest BCUT2D eigenvalue weighted by atomic mass is 32.2. The first-order valence-electron chi connectivity index (χ1n) is 5.68. The van der Waals surface area contributed by atoms with Crippen molar-refractivity contribution in [2.45, 2.75) is 44.7 Å². The molecule has 1 atom stereocenters. The lowest BCUT2D eigenvalue weighted by atomic mass is 10.1. The molecule has 0 aliphatic carbocycles. The van der Waals surface area contributed by atoms with Crippen LogP contribution in [0.25, 0.3) is 0 Å². The van der Waals surface area contributed by atoms with E-state index in [0.717, 1.165) is 6.42 Å². The van der Waals surface area contributed by atoms with Crippen molar-refractivity contribution in [2.75, 3.05) is 11.5 Å². The molecule has 94 valence electrons. The van der Waals surface area contributed by atoms with Gasteiger partial charge in [-0.2, -0.15) is 0 Å². The summed E-state index contributed by atoms with van der Waals surface area (Å²) < 4.78 is 22.3. The maximum absolute atomic E-state index is 11.5. The van der Waals surface area contributed by atoms with Gasteiger partial charge in [-0.3, -0.25) is 4.79 Å². The molecule has 0 aromatic carbocycles. The zero-order valence-electron chi connectivity index (χ0n) is 9.61. The zero-order valence-corrected chi connectivity index (χ0v) is 10.4. The van der Waals surface area contributed by atoms with Crippen LogP contribution in [0.2, 0.25) is 0 Å². The molecule has 1 saturated heterocycles. The van der Waals surface area contributed by atoms with Crippen LogP contribution in [0.15, 0.2) is 0 Å². The van der Waals surface area contributed by atoms with Gasteiger partial charge in [-0.15, -0.1) is 0 Å². The van der Waals surface area contributed by atoms with Crippen molar-refractivity contribution < 1.29 is 13.2 Å². The Balaban J connectivity index is 2.31. The largest absolute Gasteiger partial charge is 0.353 e. The van der Waals surface area contributed by atoms with E-state index in [1.165, 1.54) is 0 Å². The van der Waals surface area contributed by atoms with Crippen LogP contribution in [-0.4, -0.2) is 37.9 Å². The summed E-state index contributed by atoms with van der Waals surface area (Å²) in [5, 5.41) is 2.84. The molecule has 0 radical (unpaired) electrons. The number of carbonyl (C=O) groups excluding carboxylic acids is 1. The minimum absolute atomic E-state index is 0.0000751. The van der Waals surface area contributed by atoms with Gasteiger partial charge >= 0.3 is 0 Å². The van der Waals surface area contributed by atoms with Crippen molar-refractivity contribution in [3.05, 3.63) is 0 Å². The predicted molar refractivity (Wildman–Crippen MR) is 62.7 cm³/mol. The maximum atomic E-state index is 11.5. The van der Waals surface area contributed by atoms with Gasteiger partial charge in [0.15, 0.2) is 0 Å². The third-order valence-corrected chi connectivity index (χ3v) is 4.61. The van der Waals surface area contributed by atoms with Crippen molar-refractivity contribution >= 4 is 15.7 Å². The fraction of sp³-hybridized carbons (Fsp3) is 0.900. The molecule has 1 fully saturated rings. The lowest BCUT2D eigenvalue weighted by molar-refractivity contribution is -0.122. The summed E-state index contributed by atoms with van der Waals surface area (Å²) in [6.07, 6.45) is 2.14. The molecular weight excluding hydrogens is 228 g/mol. The molecule has 0 aromatic heterocycles. The van der Waals surface area contributed by atoms with E-state index in [-0.39, 0.29) is 29.5 Å². The Bertz CT molecular complexity index is 326. The molecule has 0 bridgehead atoms. The second-order valence-electron chi connectivity index (χ2n) is 4.37. The molecule has 0 aromatic rings. The lowest BCUT2D eigenvalue weighted by Crippen LogP contribution is -2.42. The van der Waals surface area contributed by atoms with Gasteiger partial charge in [0.25, 0.3) is 0 Å². The van der Waals surface area contributed by atoms with E-state index in [9.17, 15) is 13.2 Å². The quantitative estimate of drug-likeness (QED) is 0.721. The van der Waals surface area contributed by atoms with E-state index >= 15 is 0 Å². The second-order valence-corrected chi connectivity index (χ2v) is 6.67. The molecule has 1 heterocycles. The Labute approximate surface area is 96.7 Å². The van der Waals surface area contributed by atoms with E-state index in [1.807, 2.05) is 6.92 Å². The smallest absolute Gasteiger partial charge is 0.221 e. The van der Waals surface area contributed by atoms with Gasteiger partial charge in [-0.05, 0) is 19.3 Å². The highest BCUT2D eigenvalue weighted by Gasteiger charge is 2.24. The average Bonchev–Trinajstić information content (AvgIpc) is 2.21. The van der Waals surface area contributed by atoms with E-state index in [0.29, 0.717) is 19.3 Å². The number of rotatable bonds is 4. The van der Waals surface area contributed by atoms with Crippen molar-refractivity contribution in [1.82, 2.24) is 5.32 Å². The average molecular weight is 248 g/mol. The van der Waals surface area contributed by atoms with Gasteiger partial charge in [0.05, 0.1) is 11.5 Å². The molecule has 1 aliphatic rings. The summed E-state index contributed by atoms with van der Waals surface area (Å²) in [7, 11) is -2.86. The van der Waals surface area contributed by atoms with Crippen LogP contribution in [0.3, 0.4) is 0 Å². The zero-order chi connectivity index (χ0) is 12.2. The Hall–Kier alpha value is -0.620. The molecule has 1 amide bonds. The molecule has 0 saturated carbocycles. The first-order valence-corrected chi connectivity index (χ1v) is 7.50. The normalized spacial score (nSPS) is 22.6. The molecule has 1 unspecified atom stereocenters. The Kier molecular flexibility index (Phi) is 4.73. The third-order valence-electron chi connectivity index (χ3n) is 2.89. The van der Waals surface area contributed by atoms with Crippen molar-refractivity contribution in [3.8, 4) is 0 Å². The number of nitrogens with one attached hydrogen (secondary N) is 1. The number of hydrogen-bond acceptors (Lipinski definition) is 4. The lowest BCUT2D eigenvalue weighted by Gasteiger charge is -2.23. The summed E-state index contributed by atoms with van der Waals surface area (Å²) in [6, 6.07) is -0.104. The fourth-order valence-electron chi connectivity index (χ4n) is 1.70. The molecular formula is C10H20N2O3S. The topological polar surface area (TPSA) is 89.3 Å². The first-order chi connectivity index (χ1) is 7.43. The van der Waals surface area contributed by atoms with E-state index in [1.54, 1.807) is 0 Å². The van der Waals surface area contributed by atoms with Gasteiger partial charge < -0.3 is 11.1 Å². The fourth-order valence-corrected chi connectivity index (χ4v) is 3.19. The standard InChI is InChI=1S/C10H20N2O3S/c1-2-8(11)7-10(13)12-9-3-5-16(14,15)6-4-9/h8-9H,2-7,11H2,1H3,(H,12,13). The Morgan fingerprint density at radius 3 is 2.50 bits per heavy atom. The summed E-state index contributed by atoms with van der Waals surface area (Å²) in [6.45, 7) is 1.94. The van der Waals surface area contributed by atoms with Gasteiger partial charge in [-0.25, -0.2) is 8.42 Å². The summed E-state index contributed by atoms with van der Waals surface area (Å²) in [4.78, 5) is 11.5. The monoisotopic (exact) mass is 248 g/mol. The van der Waals surface area contributed by atoms with Crippen molar-refractivity contribution in [1.29, 1.82) is 0 Å². The van der Waals surface area contributed by atoms with E-state index in [2.05, 4.69) is 5.32 Å². The molecule has 0 spiro atoms. The van der Waals surface area contributed by atoms with Gasteiger partial charge in [0, 0.05) is 18.5 Å². The summed E-state index contributed by atoms with van der Waals surface area (Å²) >= 11 is 0. The summed E-state index contributed by atoms with van der Waals surface area (Å²) in [5.74, 6) is 0.286. The Morgan fingerprint density at radius 1 is 1.44 bits per heavy atom. The molecule has 16 heavy (non-hydrogen) atoms. The predicted octanol–water partition coefficient (Wildman–Crippen LogP) is -0.193. The third kappa shape index (κ3) is 4.49. The van der Waals surface area contributed by atoms with Crippen molar-refractivity contribution in [3.63, 3.8) is 0 Å². The molecule has 1 aliphatic heterocycles. The summed E-state index contributed by atoms with van der Waals surface area (Å²) in [5.41, 5.74) is 5.67. The number of carbonyl (C=O) groups is 1. The van der Waals surface area contributed by atoms with Crippen LogP contribution < -0.4 is 11.1 Å². The van der Waals surface area contributed by atoms with Crippen molar-refractivity contribution in [2.24, 2.45) is 5.73 Å². The van der Waals surface area contributed by atoms with Crippen LogP contribution in [0.5, 0.6) is 0 Å². The highest BCUT2D eigenvalue weighted by Crippen LogP contribution is 2.12. The number of sulfone groups is 1. The van der Waals surface area contributed by atoms with Crippen LogP contribution in [0, 0.1) is 0 Å². The highest BCUT2D eigenvalue weighted by molar-refractivity contribution is 7.91. The number of amides is 1. The van der Waals surface area contributed by atoms with Crippen LogP contribution in [-0.2, 0) is 14.6 Å². The van der Waals surface area contributed by atoms with Crippen LogP contribution in [0.1, 0.15) is 32.6 Å². The van der Waals surface area contributed by atoms with E-state index in [4.69, 9.17) is 5.73 Å². The SMILES string of the molecule is CCC(N)CC(=O)NC1CCS(=O)(=O)CC1. The molecule has 6 heteroatoms. The van der Waals surface area contributed by atoms with Gasteiger partial charge in [0.1, 0.15) is 9.84 Å². The van der Waals surface area contributed by atoms with Crippen LogP contribution in [0.4, 0.5) is 0 Å². The molecule has 5 nitrogen and oxygen atoms in total. The first kappa shape index (κ1) is 13.4. The molecule has 3 N–H and O–H groups in total. The molecule has 1 rings (SSSR count). The van der Waals surface area contributed by atoms with E-state index < -0.39 is 9.84 Å². The second kappa shape index (κ2) is 5.63. The van der Waals surface area contributed by atoms with Crippen LogP contribution >= 0.6 is 0 Å². The van der Waals surface area contributed by atoms with Gasteiger partial charge in [0.2, 0.25) is 5.91 Å². The minimum atomic E-state index is -2.86. The Morgan fingerprint density at radius 2 is 2.00 bits per heavy atom. The minimum Gasteiger partial charge on any atom is -0.353 e. The maximum Gasteiger partial charge on any atom is 0.221 e.